The highest BCUT2D eigenvalue weighted by Gasteiger charge is 2.48. The topological polar surface area (TPSA) is 12.0 Å². The summed E-state index contributed by atoms with van der Waals surface area (Å²) in [5, 5.41) is 3.60. The number of halogens is 1. The zero-order chi connectivity index (χ0) is 9.60. The monoisotopic (exact) mass is 223 g/mol. The molecule has 15 heavy (non-hydrogen) atoms. The fourth-order valence-corrected chi connectivity index (χ4v) is 3.57. The molecule has 0 aromatic heterocycles. The van der Waals surface area contributed by atoms with E-state index in [-0.39, 0.29) is 12.4 Å². The van der Waals surface area contributed by atoms with E-state index in [2.05, 4.69) is 36.6 Å². The zero-order valence-electron chi connectivity index (χ0n) is 9.12. The van der Waals surface area contributed by atoms with Crippen LogP contribution in [0.5, 0.6) is 0 Å². The van der Waals surface area contributed by atoms with E-state index in [1.807, 2.05) is 0 Å². The van der Waals surface area contributed by atoms with Gasteiger partial charge in [0.15, 0.2) is 0 Å². The third-order valence-corrected chi connectivity index (χ3v) is 4.23. The largest absolute Gasteiger partial charge is 0.310 e. The first kappa shape index (κ1) is 11.0. The molecule has 0 amide bonds. The molecule has 82 valence electrons. The minimum Gasteiger partial charge on any atom is -0.310 e. The Balaban J connectivity index is 0.000000853. The number of benzene rings is 1. The first-order valence-electron chi connectivity index (χ1n) is 5.64. The van der Waals surface area contributed by atoms with Crippen molar-refractivity contribution in [3.8, 4) is 0 Å². The molecule has 2 aliphatic rings. The predicted molar refractivity (Wildman–Crippen MR) is 65.5 cm³/mol. The van der Waals surface area contributed by atoms with Crippen LogP contribution in [0.15, 0.2) is 24.3 Å². The Labute approximate surface area is 97.7 Å². The van der Waals surface area contributed by atoms with Gasteiger partial charge in [0.2, 0.25) is 0 Å². The van der Waals surface area contributed by atoms with Crippen molar-refractivity contribution >= 4 is 12.4 Å². The molecule has 0 bridgehead atoms. The number of nitrogens with one attached hydrogen (secondary N) is 1. The Morgan fingerprint density at radius 3 is 2.93 bits per heavy atom. The number of hydrogen-bond acceptors (Lipinski definition) is 1. The molecular weight excluding hydrogens is 206 g/mol. The summed E-state index contributed by atoms with van der Waals surface area (Å²) < 4.78 is 0. The van der Waals surface area contributed by atoms with E-state index < -0.39 is 0 Å². The first-order valence-corrected chi connectivity index (χ1v) is 5.64. The summed E-state index contributed by atoms with van der Waals surface area (Å²) in [6.07, 6.45) is 5.40. The van der Waals surface area contributed by atoms with E-state index in [0.717, 1.165) is 5.92 Å². The van der Waals surface area contributed by atoms with Crippen molar-refractivity contribution in [1.29, 1.82) is 0 Å². The summed E-state index contributed by atoms with van der Waals surface area (Å²) >= 11 is 0. The second-order valence-electron chi connectivity index (χ2n) is 4.67. The Bertz CT molecular complexity index is 363. The van der Waals surface area contributed by atoms with Gasteiger partial charge in [0.1, 0.15) is 0 Å². The van der Waals surface area contributed by atoms with E-state index in [1.54, 1.807) is 11.1 Å². The highest BCUT2D eigenvalue weighted by molar-refractivity contribution is 5.85. The van der Waals surface area contributed by atoms with Gasteiger partial charge >= 0.3 is 0 Å². The van der Waals surface area contributed by atoms with Crippen LogP contribution in [0.1, 0.15) is 30.4 Å². The molecule has 2 aliphatic carbocycles. The molecule has 0 spiro atoms. The van der Waals surface area contributed by atoms with Crippen LogP contribution in [-0.4, -0.2) is 7.05 Å². The molecule has 0 heterocycles. The van der Waals surface area contributed by atoms with E-state index in [4.69, 9.17) is 0 Å². The minimum atomic E-state index is 0. The average molecular weight is 224 g/mol. The van der Waals surface area contributed by atoms with Crippen molar-refractivity contribution < 1.29 is 0 Å². The zero-order valence-corrected chi connectivity index (χ0v) is 9.94. The lowest BCUT2D eigenvalue weighted by Crippen LogP contribution is -2.40. The molecule has 1 N–H and O–H groups in total. The van der Waals surface area contributed by atoms with E-state index in [9.17, 15) is 0 Å². The maximum atomic E-state index is 3.60. The molecule has 0 unspecified atom stereocenters. The number of hydrogen-bond donors (Lipinski definition) is 1. The number of rotatable bonds is 1. The van der Waals surface area contributed by atoms with E-state index in [0.29, 0.717) is 5.54 Å². The molecule has 1 aromatic carbocycles. The molecule has 1 aromatic rings. The summed E-state index contributed by atoms with van der Waals surface area (Å²) in [5.41, 5.74) is 3.48. The lowest BCUT2D eigenvalue weighted by atomic mass is 9.86. The average Bonchev–Trinajstić information content (AvgIpc) is 2.73. The first-order chi connectivity index (χ1) is 6.87. The normalized spacial score (nSPS) is 31.9. The smallest absolute Gasteiger partial charge is 0.0466 e. The minimum absolute atomic E-state index is 0. The Morgan fingerprint density at radius 1 is 1.33 bits per heavy atom. The van der Waals surface area contributed by atoms with Crippen molar-refractivity contribution in [1.82, 2.24) is 5.32 Å². The number of fused-ring (bicyclic) bond motifs is 3. The molecule has 1 nitrogen and oxygen atoms in total. The summed E-state index contributed by atoms with van der Waals surface area (Å²) in [5.74, 6) is 0.852. The maximum Gasteiger partial charge on any atom is 0.0466 e. The molecule has 3 rings (SSSR count). The van der Waals surface area contributed by atoms with Crippen LogP contribution in [0.4, 0.5) is 0 Å². The van der Waals surface area contributed by atoms with Crippen molar-refractivity contribution in [2.45, 2.75) is 31.2 Å². The van der Waals surface area contributed by atoms with Crippen LogP contribution in [-0.2, 0) is 12.0 Å². The van der Waals surface area contributed by atoms with Gasteiger partial charge in [-0.2, -0.15) is 0 Å². The third-order valence-electron chi connectivity index (χ3n) is 4.23. The van der Waals surface area contributed by atoms with Crippen LogP contribution in [0.3, 0.4) is 0 Å². The van der Waals surface area contributed by atoms with Gasteiger partial charge in [-0.1, -0.05) is 30.7 Å². The van der Waals surface area contributed by atoms with Gasteiger partial charge in [0, 0.05) is 5.54 Å². The summed E-state index contributed by atoms with van der Waals surface area (Å²) in [4.78, 5) is 0. The lowest BCUT2D eigenvalue weighted by Gasteiger charge is -2.30. The van der Waals surface area contributed by atoms with Crippen molar-refractivity contribution in [3.63, 3.8) is 0 Å². The molecule has 1 saturated carbocycles. The van der Waals surface area contributed by atoms with Gasteiger partial charge in [0.05, 0.1) is 0 Å². The fourth-order valence-electron chi connectivity index (χ4n) is 3.57. The van der Waals surface area contributed by atoms with E-state index in [1.165, 1.54) is 25.7 Å². The summed E-state index contributed by atoms with van der Waals surface area (Å²) in [7, 11) is 2.13. The predicted octanol–water partition coefficient (Wildman–Crippen LogP) is 2.88. The lowest BCUT2D eigenvalue weighted by molar-refractivity contribution is 0.292. The quantitative estimate of drug-likeness (QED) is 0.772. The van der Waals surface area contributed by atoms with Crippen LogP contribution < -0.4 is 5.32 Å². The standard InChI is InChI=1S/C13H17N.ClH/c1-14-13-8-4-6-11(13)9-10-5-2-3-7-12(10)13;/h2-3,5,7,11,14H,4,6,8-9H2,1H3;1H/t11-,13+;/m1./s1. The van der Waals surface area contributed by atoms with Gasteiger partial charge in [-0.3, -0.25) is 0 Å². The van der Waals surface area contributed by atoms with Gasteiger partial charge < -0.3 is 5.32 Å². The summed E-state index contributed by atoms with van der Waals surface area (Å²) in [6.45, 7) is 0. The third kappa shape index (κ3) is 1.33. The van der Waals surface area contributed by atoms with Crippen LogP contribution in [0.2, 0.25) is 0 Å². The molecule has 0 aliphatic heterocycles. The van der Waals surface area contributed by atoms with Crippen LogP contribution in [0.25, 0.3) is 0 Å². The highest BCUT2D eigenvalue weighted by Crippen LogP contribution is 2.51. The SMILES string of the molecule is CN[C@@]12CCC[C@@H]1Cc1ccccc12.Cl. The second-order valence-corrected chi connectivity index (χ2v) is 4.67. The maximum absolute atomic E-state index is 3.60. The van der Waals surface area contributed by atoms with Crippen LogP contribution in [0, 0.1) is 5.92 Å². The fraction of sp³-hybridized carbons (Fsp3) is 0.538. The van der Waals surface area contributed by atoms with Crippen molar-refractivity contribution in [3.05, 3.63) is 35.4 Å². The molecule has 1 fully saturated rings. The molecule has 2 atom stereocenters. The molecule has 2 heteroatoms. The van der Waals surface area contributed by atoms with Crippen LogP contribution >= 0.6 is 12.4 Å². The Kier molecular flexibility index (Phi) is 2.78. The van der Waals surface area contributed by atoms with Crippen molar-refractivity contribution in [2.75, 3.05) is 7.05 Å². The van der Waals surface area contributed by atoms with Gasteiger partial charge in [-0.25, -0.2) is 0 Å². The molecule has 0 saturated heterocycles. The Morgan fingerprint density at radius 2 is 2.13 bits per heavy atom. The highest BCUT2D eigenvalue weighted by atomic mass is 35.5. The van der Waals surface area contributed by atoms with E-state index >= 15 is 0 Å². The van der Waals surface area contributed by atoms with Gasteiger partial charge in [-0.15, -0.1) is 12.4 Å². The van der Waals surface area contributed by atoms with Crippen molar-refractivity contribution in [2.24, 2.45) is 5.92 Å². The Hall–Kier alpha value is -0.530. The molecular formula is C13H18ClN. The molecule has 0 radical (unpaired) electrons. The summed E-state index contributed by atoms with van der Waals surface area (Å²) in [6, 6.07) is 8.96. The van der Waals surface area contributed by atoms with Gasteiger partial charge in [-0.05, 0) is 43.4 Å². The van der Waals surface area contributed by atoms with Gasteiger partial charge in [0.25, 0.3) is 0 Å². The second kappa shape index (κ2) is 3.80.